The molecule has 10 heteroatoms. The van der Waals surface area contributed by atoms with E-state index in [4.69, 9.17) is 19.1 Å². The first-order chi connectivity index (χ1) is 16.8. The molecule has 0 bridgehead atoms. The summed E-state index contributed by atoms with van der Waals surface area (Å²) >= 11 is 0. The van der Waals surface area contributed by atoms with Gasteiger partial charge in [0.25, 0.3) is 0 Å². The van der Waals surface area contributed by atoms with Crippen molar-refractivity contribution >= 4 is 27.8 Å². The number of aryl methyl sites for hydroxylation is 2. The fourth-order valence-corrected chi connectivity index (χ4v) is 3.98. The van der Waals surface area contributed by atoms with Crippen molar-refractivity contribution in [3.63, 3.8) is 0 Å². The third-order valence-corrected chi connectivity index (χ3v) is 5.59. The van der Waals surface area contributed by atoms with Gasteiger partial charge < -0.3 is 23.7 Å². The topological polar surface area (TPSA) is 86.7 Å². The third-order valence-electron chi connectivity index (χ3n) is 5.59. The van der Waals surface area contributed by atoms with Gasteiger partial charge in [-0.2, -0.15) is 13.2 Å². The molecule has 186 valence electrons. The lowest BCUT2D eigenvalue weighted by molar-refractivity contribution is -0.141. The molecule has 4 rings (SSSR count). The fourth-order valence-electron chi connectivity index (χ4n) is 3.98. The smallest absolute Gasteiger partial charge is 0.437 e. The number of aromatic nitrogens is 2. The van der Waals surface area contributed by atoms with Gasteiger partial charge in [0.1, 0.15) is 11.5 Å². The highest BCUT2D eigenvalue weighted by molar-refractivity contribution is 5.85. The summed E-state index contributed by atoms with van der Waals surface area (Å²) in [6.07, 6.45) is -0.913. The second-order valence-corrected chi connectivity index (χ2v) is 8.12. The van der Waals surface area contributed by atoms with Gasteiger partial charge in [0.15, 0.2) is 11.3 Å². The minimum Gasteiger partial charge on any atom is -0.493 e. The number of hydrogen-bond donors (Lipinski definition) is 1. The van der Waals surface area contributed by atoms with Crippen LogP contribution in [0.1, 0.15) is 37.4 Å². The Morgan fingerprint density at radius 3 is 2.69 bits per heavy atom. The molecule has 0 spiro atoms. The largest absolute Gasteiger partial charge is 0.493 e. The predicted octanol–water partition coefficient (Wildman–Crippen LogP) is 6.08. The lowest BCUT2D eigenvalue weighted by Crippen LogP contribution is -2.07. The van der Waals surface area contributed by atoms with E-state index in [0.717, 1.165) is 10.9 Å². The summed E-state index contributed by atoms with van der Waals surface area (Å²) in [6.45, 7) is 3.02. The van der Waals surface area contributed by atoms with E-state index in [1.807, 2.05) is 42.0 Å². The van der Waals surface area contributed by atoms with Crippen molar-refractivity contribution < 1.29 is 37.1 Å². The normalized spacial score (nSPS) is 11.9. The minimum atomic E-state index is -4.58. The summed E-state index contributed by atoms with van der Waals surface area (Å²) in [4.78, 5) is 10.8. The Hall–Kier alpha value is -3.69. The molecule has 2 heterocycles. The number of hydrogen-bond acceptors (Lipinski definition) is 5. The first-order valence-electron chi connectivity index (χ1n) is 11.3. The lowest BCUT2D eigenvalue weighted by Gasteiger charge is -2.12. The van der Waals surface area contributed by atoms with Crippen LogP contribution < -0.4 is 9.47 Å². The van der Waals surface area contributed by atoms with Gasteiger partial charge in [0.2, 0.25) is 0 Å². The van der Waals surface area contributed by atoms with Gasteiger partial charge >= 0.3 is 12.1 Å². The second kappa shape index (κ2) is 10.3. The van der Waals surface area contributed by atoms with Crippen LogP contribution in [0, 0.1) is 0 Å². The number of rotatable bonds is 11. The van der Waals surface area contributed by atoms with Gasteiger partial charge in [-0.1, -0.05) is 18.5 Å². The molecule has 1 N–H and O–H groups in total. The van der Waals surface area contributed by atoms with Crippen LogP contribution in [-0.4, -0.2) is 34.0 Å². The maximum atomic E-state index is 13.2. The van der Waals surface area contributed by atoms with Crippen LogP contribution in [0.4, 0.5) is 13.2 Å². The highest BCUT2D eigenvalue weighted by Crippen LogP contribution is 2.38. The summed E-state index contributed by atoms with van der Waals surface area (Å²) < 4.78 is 58.1. The fraction of sp³-hybridized carbons (Fsp3) is 0.360. The van der Waals surface area contributed by atoms with Crippen LogP contribution in [0.25, 0.3) is 21.9 Å². The molecule has 2 aromatic heterocycles. The summed E-state index contributed by atoms with van der Waals surface area (Å²) in [5, 5.41) is 13.0. The van der Waals surface area contributed by atoms with Crippen molar-refractivity contribution in [2.24, 2.45) is 0 Å². The molecule has 4 aromatic rings. The van der Waals surface area contributed by atoms with E-state index in [9.17, 15) is 18.0 Å². The number of fused-ring (bicyclic) bond motifs is 2. The van der Waals surface area contributed by atoms with Crippen molar-refractivity contribution in [2.45, 2.75) is 45.3 Å². The summed E-state index contributed by atoms with van der Waals surface area (Å²) in [7, 11) is 0. The number of aliphatic carboxylic acids is 1. The number of carbonyl (C=O) groups is 1. The number of carboxylic acids is 1. The van der Waals surface area contributed by atoms with Crippen LogP contribution in [0.5, 0.6) is 11.5 Å². The van der Waals surface area contributed by atoms with Crippen LogP contribution >= 0.6 is 0 Å². The summed E-state index contributed by atoms with van der Waals surface area (Å²) in [5.41, 5.74) is 0.587. The van der Waals surface area contributed by atoms with Crippen molar-refractivity contribution in [1.29, 1.82) is 0 Å². The van der Waals surface area contributed by atoms with Crippen LogP contribution in [0.2, 0.25) is 0 Å². The molecular formula is C25H25F3N2O5. The SMILES string of the molecule is CCCc1c(OCCCOc2ccc3c(ccn3CCC(=O)O)c2)ccc2c(C(F)(F)F)noc12. The Kier molecular flexibility index (Phi) is 7.18. The Morgan fingerprint density at radius 2 is 1.94 bits per heavy atom. The van der Waals surface area contributed by atoms with E-state index in [2.05, 4.69) is 5.16 Å². The first kappa shape index (κ1) is 24.4. The molecule has 0 radical (unpaired) electrons. The number of halogens is 3. The molecule has 0 fully saturated rings. The Labute approximate surface area is 199 Å². The molecule has 35 heavy (non-hydrogen) atoms. The Morgan fingerprint density at radius 1 is 1.14 bits per heavy atom. The highest BCUT2D eigenvalue weighted by atomic mass is 19.4. The molecule has 0 aliphatic heterocycles. The van der Waals surface area contributed by atoms with Crippen molar-refractivity contribution in [3.8, 4) is 11.5 Å². The first-order valence-corrected chi connectivity index (χ1v) is 11.3. The van der Waals surface area contributed by atoms with Gasteiger partial charge in [0.05, 0.1) is 25.0 Å². The molecule has 0 saturated carbocycles. The van der Waals surface area contributed by atoms with Gasteiger partial charge in [-0.05, 0) is 42.8 Å². The maximum Gasteiger partial charge on any atom is 0.437 e. The van der Waals surface area contributed by atoms with Crippen molar-refractivity contribution in [1.82, 2.24) is 9.72 Å². The predicted molar refractivity (Wildman–Crippen MR) is 123 cm³/mol. The highest BCUT2D eigenvalue weighted by Gasteiger charge is 2.37. The molecule has 7 nitrogen and oxygen atoms in total. The Balaban J connectivity index is 1.35. The monoisotopic (exact) mass is 490 g/mol. The van der Waals surface area contributed by atoms with E-state index >= 15 is 0 Å². The number of benzene rings is 2. The number of carboxylic acid groups (broad SMARTS) is 1. The second-order valence-electron chi connectivity index (χ2n) is 8.12. The number of alkyl halides is 3. The molecule has 0 amide bonds. The number of ether oxygens (including phenoxy) is 2. The Bertz CT molecular complexity index is 1330. The standard InChI is InChI=1S/C25H25F3N2O5/c1-2-4-18-21(8-6-19-23(18)35-29-24(19)25(26,27)28)34-14-3-13-33-17-5-7-20-16(15-17)9-11-30(20)12-10-22(31)32/h5-9,11,15H,2-4,10,12-14H2,1H3,(H,31,32). The lowest BCUT2D eigenvalue weighted by atomic mass is 10.0. The zero-order chi connectivity index (χ0) is 25.0. The van der Waals surface area contributed by atoms with Crippen LogP contribution in [0.3, 0.4) is 0 Å². The zero-order valence-corrected chi connectivity index (χ0v) is 19.1. The third kappa shape index (κ3) is 5.52. The maximum absolute atomic E-state index is 13.2. The average molecular weight is 490 g/mol. The van der Waals surface area contributed by atoms with Gasteiger partial charge in [-0.15, -0.1) is 0 Å². The quantitative estimate of drug-likeness (QED) is 0.257. The molecule has 2 aromatic carbocycles. The van der Waals surface area contributed by atoms with E-state index in [-0.39, 0.29) is 17.4 Å². The van der Waals surface area contributed by atoms with Crippen molar-refractivity contribution in [3.05, 3.63) is 53.9 Å². The average Bonchev–Trinajstić information content (AvgIpc) is 3.42. The van der Waals surface area contributed by atoms with E-state index in [0.29, 0.717) is 56.1 Å². The van der Waals surface area contributed by atoms with Crippen LogP contribution in [-0.2, 0) is 23.9 Å². The minimum absolute atomic E-state index is 0.0505. The van der Waals surface area contributed by atoms with Gasteiger partial charge in [-0.25, -0.2) is 0 Å². The van der Waals surface area contributed by atoms with Gasteiger partial charge in [0, 0.05) is 35.6 Å². The van der Waals surface area contributed by atoms with E-state index in [1.54, 1.807) is 0 Å². The number of nitrogens with zero attached hydrogens (tertiary/aromatic N) is 2. The summed E-state index contributed by atoms with van der Waals surface area (Å²) in [5.74, 6) is 0.318. The zero-order valence-electron chi connectivity index (χ0n) is 19.1. The van der Waals surface area contributed by atoms with Crippen molar-refractivity contribution in [2.75, 3.05) is 13.2 Å². The van der Waals surface area contributed by atoms with Gasteiger partial charge in [-0.3, -0.25) is 4.79 Å². The summed E-state index contributed by atoms with van der Waals surface area (Å²) in [6, 6.07) is 10.4. The molecular weight excluding hydrogens is 465 g/mol. The molecule has 0 unspecified atom stereocenters. The van der Waals surface area contributed by atoms with E-state index in [1.165, 1.54) is 12.1 Å². The molecule has 0 aliphatic carbocycles. The van der Waals surface area contributed by atoms with Crippen LogP contribution in [0.15, 0.2) is 47.1 Å². The molecule has 0 saturated heterocycles. The molecule has 0 atom stereocenters. The molecule has 0 aliphatic rings. The van der Waals surface area contributed by atoms with E-state index < -0.39 is 17.8 Å².